The summed E-state index contributed by atoms with van der Waals surface area (Å²) in [6.07, 6.45) is 0.259. The SMILES string of the molecule is CC(C)(C)c1nnc(CNC(=O)CC(N)c2ccccc2)s1.Cl. The van der Waals surface area contributed by atoms with Gasteiger partial charge in [-0.25, -0.2) is 0 Å². The van der Waals surface area contributed by atoms with Crippen molar-refractivity contribution in [3.8, 4) is 0 Å². The number of carbonyl (C=O) groups excluding carboxylic acids is 1. The highest BCUT2D eigenvalue weighted by Crippen LogP contribution is 2.25. The first-order valence-corrected chi connectivity index (χ1v) is 8.08. The normalized spacial score (nSPS) is 12.3. The number of benzene rings is 1. The number of hydrogen-bond donors (Lipinski definition) is 2. The smallest absolute Gasteiger partial charge is 0.222 e. The van der Waals surface area contributed by atoms with Crippen molar-refractivity contribution in [2.75, 3.05) is 0 Å². The van der Waals surface area contributed by atoms with Crippen LogP contribution in [0.15, 0.2) is 30.3 Å². The molecule has 7 heteroatoms. The van der Waals surface area contributed by atoms with E-state index >= 15 is 0 Å². The zero-order valence-corrected chi connectivity index (χ0v) is 15.2. The van der Waals surface area contributed by atoms with Crippen LogP contribution in [0.25, 0.3) is 0 Å². The van der Waals surface area contributed by atoms with Crippen LogP contribution in [0.4, 0.5) is 0 Å². The molecule has 5 nitrogen and oxygen atoms in total. The van der Waals surface area contributed by atoms with Gasteiger partial charge in [-0.15, -0.1) is 22.6 Å². The first-order chi connectivity index (χ1) is 10.4. The van der Waals surface area contributed by atoms with Gasteiger partial charge in [-0.05, 0) is 5.56 Å². The lowest BCUT2D eigenvalue weighted by atomic mass is 9.98. The van der Waals surface area contributed by atoms with E-state index in [2.05, 4.69) is 36.3 Å². The maximum atomic E-state index is 12.0. The lowest BCUT2D eigenvalue weighted by Gasteiger charge is -2.12. The van der Waals surface area contributed by atoms with Gasteiger partial charge in [0.1, 0.15) is 10.0 Å². The van der Waals surface area contributed by atoms with Crippen molar-refractivity contribution in [3.63, 3.8) is 0 Å². The Bertz CT molecular complexity index is 625. The van der Waals surface area contributed by atoms with Crippen molar-refractivity contribution in [2.45, 2.75) is 45.2 Å². The van der Waals surface area contributed by atoms with Gasteiger partial charge in [0.2, 0.25) is 5.91 Å². The standard InChI is InChI=1S/C16H22N4OS.ClH/c1-16(2,3)15-20-19-14(22-15)10-18-13(21)9-12(17)11-7-5-4-6-8-11;/h4-8,12H,9-10,17H2,1-3H3,(H,18,21);1H. The number of amides is 1. The van der Waals surface area contributed by atoms with E-state index in [0.717, 1.165) is 15.6 Å². The van der Waals surface area contributed by atoms with Crippen LogP contribution in [0.5, 0.6) is 0 Å². The molecule has 0 saturated heterocycles. The Labute approximate surface area is 147 Å². The first kappa shape index (κ1) is 19.5. The summed E-state index contributed by atoms with van der Waals surface area (Å²) >= 11 is 1.53. The Morgan fingerprint density at radius 2 is 1.91 bits per heavy atom. The number of hydrogen-bond acceptors (Lipinski definition) is 5. The maximum Gasteiger partial charge on any atom is 0.222 e. The van der Waals surface area contributed by atoms with E-state index in [9.17, 15) is 4.79 Å². The minimum atomic E-state index is -0.291. The molecule has 1 atom stereocenters. The van der Waals surface area contributed by atoms with Gasteiger partial charge in [-0.3, -0.25) is 4.79 Å². The number of nitrogens with zero attached hydrogens (tertiary/aromatic N) is 2. The van der Waals surface area contributed by atoms with Crippen molar-refractivity contribution in [1.29, 1.82) is 0 Å². The van der Waals surface area contributed by atoms with Crippen molar-refractivity contribution in [1.82, 2.24) is 15.5 Å². The van der Waals surface area contributed by atoms with Gasteiger partial charge in [0.05, 0.1) is 6.54 Å². The molecule has 0 saturated carbocycles. The van der Waals surface area contributed by atoms with E-state index in [1.165, 1.54) is 11.3 Å². The number of carbonyl (C=O) groups is 1. The zero-order chi connectivity index (χ0) is 16.2. The topological polar surface area (TPSA) is 80.9 Å². The molecule has 0 aliphatic carbocycles. The van der Waals surface area contributed by atoms with Crippen LogP contribution >= 0.6 is 23.7 Å². The fourth-order valence-corrected chi connectivity index (χ4v) is 2.73. The summed E-state index contributed by atoms with van der Waals surface area (Å²) in [5, 5.41) is 12.9. The summed E-state index contributed by atoms with van der Waals surface area (Å²) in [5.41, 5.74) is 6.98. The number of aromatic nitrogens is 2. The molecule has 126 valence electrons. The fourth-order valence-electron chi connectivity index (χ4n) is 1.89. The molecule has 0 bridgehead atoms. The van der Waals surface area contributed by atoms with E-state index < -0.39 is 0 Å². The second-order valence-corrected chi connectivity index (χ2v) is 7.31. The van der Waals surface area contributed by atoms with Gasteiger partial charge in [0, 0.05) is 17.9 Å². The minimum Gasteiger partial charge on any atom is -0.349 e. The summed E-state index contributed by atoms with van der Waals surface area (Å²) in [7, 11) is 0. The Balaban J connectivity index is 0.00000264. The van der Waals surface area contributed by atoms with E-state index in [4.69, 9.17) is 5.73 Å². The van der Waals surface area contributed by atoms with Crippen molar-refractivity contribution in [3.05, 3.63) is 45.9 Å². The van der Waals surface area contributed by atoms with Crippen molar-refractivity contribution >= 4 is 29.7 Å². The lowest BCUT2D eigenvalue weighted by molar-refractivity contribution is -0.121. The Hall–Kier alpha value is -1.50. The third kappa shape index (κ3) is 5.89. The number of halogens is 1. The minimum absolute atomic E-state index is 0. The van der Waals surface area contributed by atoms with Gasteiger partial charge >= 0.3 is 0 Å². The van der Waals surface area contributed by atoms with E-state index in [0.29, 0.717) is 6.54 Å². The van der Waals surface area contributed by atoms with Crippen molar-refractivity contribution < 1.29 is 4.79 Å². The Kier molecular flexibility index (Phi) is 7.12. The summed E-state index contributed by atoms with van der Waals surface area (Å²) in [4.78, 5) is 12.0. The summed E-state index contributed by atoms with van der Waals surface area (Å²) in [6, 6.07) is 9.33. The molecule has 1 aromatic heterocycles. The highest BCUT2D eigenvalue weighted by Gasteiger charge is 2.19. The molecular weight excluding hydrogens is 332 g/mol. The largest absolute Gasteiger partial charge is 0.349 e. The Morgan fingerprint density at radius 3 is 2.48 bits per heavy atom. The molecule has 1 unspecified atom stereocenters. The number of nitrogens with two attached hydrogens (primary N) is 1. The fraction of sp³-hybridized carbons (Fsp3) is 0.438. The van der Waals surface area contributed by atoms with Gasteiger partial charge in [-0.2, -0.15) is 0 Å². The zero-order valence-electron chi connectivity index (χ0n) is 13.6. The van der Waals surface area contributed by atoms with Gasteiger partial charge in [-0.1, -0.05) is 62.4 Å². The number of nitrogens with one attached hydrogen (secondary N) is 1. The predicted molar refractivity (Wildman–Crippen MR) is 95.7 cm³/mol. The summed E-state index contributed by atoms with van der Waals surface area (Å²) in [5.74, 6) is -0.0798. The molecule has 2 rings (SSSR count). The molecule has 1 aromatic carbocycles. The van der Waals surface area contributed by atoms with E-state index in [1.807, 2.05) is 30.3 Å². The molecule has 2 aromatic rings. The molecule has 23 heavy (non-hydrogen) atoms. The highest BCUT2D eigenvalue weighted by molar-refractivity contribution is 7.11. The van der Waals surface area contributed by atoms with E-state index in [-0.39, 0.29) is 36.2 Å². The van der Waals surface area contributed by atoms with Crippen molar-refractivity contribution in [2.24, 2.45) is 5.73 Å². The van der Waals surface area contributed by atoms with Crippen LogP contribution < -0.4 is 11.1 Å². The summed E-state index contributed by atoms with van der Waals surface area (Å²) < 4.78 is 0. The average Bonchev–Trinajstić information content (AvgIpc) is 2.95. The molecule has 0 aliphatic heterocycles. The van der Waals surface area contributed by atoms with E-state index in [1.54, 1.807) is 0 Å². The van der Waals surface area contributed by atoms with Crippen LogP contribution in [-0.4, -0.2) is 16.1 Å². The molecule has 0 radical (unpaired) electrons. The molecule has 0 fully saturated rings. The molecule has 0 aliphatic rings. The monoisotopic (exact) mass is 354 g/mol. The van der Waals surface area contributed by atoms with Crippen LogP contribution in [0.3, 0.4) is 0 Å². The quantitative estimate of drug-likeness (QED) is 0.864. The average molecular weight is 355 g/mol. The third-order valence-corrected chi connectivity index (χ3v) is 4.53. The van der Waals surface area contributed by atoms with Gasteiger partial charge in [0.25, 0.3) is 0 Å². The molecule has 0 spiro atoms. The Morgan fingerprint density at radius 1 is 1.26 bits per heavy atom. The second kappa shape index (κ2) is 8.38. The molecule has 1 heterocycles. The van der Waals surface area contributed by atoms with Gasteiger partial charge in [0.15, 0.2) is 0 Å². The third-order valence-electron chi connectivity index (χ3n) is 3.18. The number of rotatable bonds is 5. The lowest BCUT2D eigenvalue weighted by Crippen LogP contribution is -2.27. The molecular formula is C16H23ClN4OS. The summed E-state index contributed by atoms with van der Waals surface area (Å²) in [6.45, 7) is 6.67. The van der Waals surface area contributed by atoms with Crippen LogP contribution in [0.1, 0.15) is 48.8 Å². The van der Waals surface area contributed by atoms with Crippen LogP contribution in [-0.2, 0) is 16.8 Å². The maximum absolute atomic E-state index is 12.0. The first-order valence-electron chi connectivity index (χ1n) is 7.26. The molecule has 3 N–H and O–H groups in total. The second-order valence-electron chi connectivity index (χ2n) is 6.25. The molecule has 1 amide bonds. The predicted octanol–water partition coefficient (Wildman–Crippen LogP) is 2.96. The van der Waals surface area contributed by atoms with Crippen LogP contribution in [0.2, 0.25) is 0 Å². The highest BCUT2D eigenvalue weighted by atomic mass is 35.5. The van der Waals surface area contributed by atoms with Gasteiger partial charge < -0.3 is 11.1 Å². The van der Waals surface area contributed by atoms with Crippen LogP contribution in [0, 0.1) is 0 Å².